The summed E-state index contributed by atoms with van der Waals surface area (Å²) in [6.45, 7) is 3.57. The number of hydrogen-bond donors (Lipinski definition) is 2. The Morgan fingerprint density at radius 2 is 1.94 bits per heavy atom. The quantitative estimate of drug-likeness (QED) is 0.878. The van der Waals surface area contributed by atoms with E-state index in [1.54, 1.807) is 32.0 Å². The number of carbonyl (C=O) groups is 1. The molecule has 0 aliphatic rings. The van der Waals surface area contributed by atoms with E-state index in [0.717, 1.165) is 0 Å². The van der Waals surface area contributed by atoms with Crippen LogP contribution in [0, 0.1) is 5.92 Å². The molecule has 16 heavy (non-hydrogen) atoms. The fourth-order valence-electron chi connectivity index (χ4n) is 1.07. The van der Waals surface area contributed by atoms with Crippen LogP contribution >= 0.6 is 23.2 Å². The van der Waals surface area contributed by atoms with Gasteiger partial charge in [-0.15, -0.1) is 0 Å². The second-order valence-electron chi connectivity index (χ2n) is 3.77. The number of nitrogens with two attached hydrogens (primary N) is 1. The number of nitrogens with one attached hydrogen (secondary N) is 1. The lowest BCUT2D eigenvalue weighted by molar-refractivity contribution is -0.119. The standard InChI is InChI=1S/C11H14Cl2N2O/c1-6(7(2)14)11(16)15-8-3-4-9(12)10(13)5-8/h3-7H,14H2,1-2H3,(H,15,16). The molecule has 1 aromatic carbocycles. The number of benzene rings is 1. The fourth-order valence-corrected chi connectivity index (χ4v) is 1.37. The van der Waals surface area contributed by atoms with Gasteiger partial charge in [-0.2, -0.15) is 0 Å². The predicted molar refractivity (Wildman–Crippen MR) is 67.9 cm³/mol. The number of amides is 1. The molecular weight excluding hydrogens is 247 g/mol. The van der Waals surface area contributed by atoms with Gasteiger partial charge in [0.25, 0.3) is 0 Å². The fraction of sp³-hybridized carbons (Fsp3) is 0.364. The molecular formula is C11H14Cl2N2O. The number of halogens is 2. The summed E-state index contributed by atoms with van der Waals surface area (Å²) >= 11 is 11.6. The van der Waals surface area contributed by atoms with Gasteiger partial charge < -0.3 is 11.1 Å². The van der Waals surface area contributed by atoms with Crippen molar-refractivity contribution in [3.05, 3.63) is 28.2 Å². The molecule has 3 nitrogen and oxygen atoms in total. The first-order valence-corrected chi connectivity index (χ1v) is 5.69. The van der Waals surface area contributed by atoms with Gasteiger partial charge in [0, 0.05) is 11.7 Å². The Labute approximate surface area is 105 Å². The van der Waals surface area contributed by atoms with E-state index in [4.69, 9.17) is 28.9 Å². The van der Waals surface area contributed by atoms with Gasteiger partial charge in [0.1, 0.15) is 0 Å². The van der Waals surface area contributed by atoms with Crippen molar-refractivity contribution >= 4 is 34.8 Å². The van der Waals surface area contributed by atoms with Gasteiger partial charge >= 0.3 is 0 Å². The SMILES string of the molecule is CC(N)C(C)C(=O)Nc1ccc(Cl)c(Cl)c1. The van der Waals surface area contributed by atoms with Crippen molar-refractivity contribution in [2.45, 2.75) is 19.9 Å². The highest BCUT2D eigenvalue weighted by molar-refractivity contribution is 6.42. The van der Waals surface area contributed by atoms with E-state index in [1.807, 2.05) is 0 Å². The average Bonchev–Trinajstić information content (AvgIpc) is 2.22. The van der Waals surface area contributed by atoms with Crippen LogP contribution in [0.5, 0.6) is 0 Å². The molecule has 2 atom stereocenters. The van der Waals surface area contributed by atoms with E-state index >= 15 is 0 Å². The van der Waals surface area contributed by atoms with Gasteiger partial charge in [-0.05, 0) is 25.1 Å². The molecule has 0 heterocycles. The van der Waals surface area contributed by atoms with E-state index in [-0.39, 0.29) is 17.9 Å². The molecule has 0 radical (unpaired) electrons. The summed E-state index contributed by atoms with van der Waals surface area (Å²) in [5, 5.41) is 3.60. The third-order valence-electron chi connectivity index (χ3n) is 2.39. The van der Waals surface area contributed by atoms with Crippen molar-refractivity contribution in [2.24, 2.45) is 11.7 Å². The van der Waals surface area contributed by atoms with Crippen molar-refractivity contribution in [1.82, 2.24) is 0 Å². The Morgan fingerprint density at radius 1 is 1.31 bits per heavy atom. The summed E-state index contributed by atoms with van der Waals surface area (Å²) in [7, 11) is 0. The second-order valence-corrected chi connectivity index (χ2v) is 4.58. The summed E-state index contributed by atoms with van der Waals surface area (Å²) in [6.07, 6.45) is 0. The molecule has 0 fully saturated rings. The first kappa shape index (κ1) is 13.3. The monoisotopic (exact) mass is 260 g/mol. The van der Waals surface area contributed by atoms with E-state index in [2.05, 4.69) is 5.32 Å². The highest BCUT2D eigenvalue weighted by Gasteiger charge is 2.17. The van der Waals surface area contributed by atoms with Crippen LogP contribution in [0.2, 0.25) is 10.0 Å². The minimum atomic E-state index is -0.255. The third kappa shape index (κ3) is 3.37. The highest BCUT2D eigenvalue weighted by Crippen LogP contribution is 2.25. The maximum atomic E-state index is 11.7. The largest absolute Gasteiger partial charge is 0.327 e. The maximum Gasteiger partial charge on any atom is 0.228 e. The molecule has 0 aromatic heterocycles. The van der Waals surface area contributed by atoms with E-state index in [1.165, 1.54) is 0 Å². The molecule has 0 aliphatic carbocycles. The lowest BCUT2D eigenvalue weighted by Crippen LogP contribution is -2.34. The molecule has 5 heteroatoms. The Balaban J connectivity index is 2.74. The Hall–Kier alpha value is -0.770. The lowest BCUT2D eigenvalue weighted by Gasteiger charge is -2.15. The molecule has 0 aliphatic heterocycles. The van der Waals surface area contributed by atoms with Crippen LogP contribution < -0.4 is 11.1 Å². The number of anilines is 1. The number of hydrogen-bond acceptors (Lipinski definition) is 2. The van der Waals surface area contributed by atoms with Crippen LogP contribution in [0.25, 0.3) is 0 Å². The van der Waals surface area contributed by atoms with Crippen LogP contribution in [-0.2, 0) is 4.79 Å². The van der Waals surface area contributed by atoms with Crippen LogP contribution in [-0.4, -0.2) is 11.9 Å². The maximum absolute atomic E-state index is 11.7. The molecule has 1 amide bonds. The van der Waals surface area contributed by atoms with Gasteiger partial charge in [-0.1, -0.05) is 30.1 Å². The van der Waals surface area contributed by atoms with E-state index in [0.29, 0.717) is 15.7 Å². The smallest absolute Gasteiger partial charge is 0.228 e. The van der Waals surface area contributed by atoms with Crippen molar-refractivity contribution in [1.29, 1.82) is 0 Å². The van der Waals surface area contributed by atoms with E-state index in [9.17, 15) is 4.79 Å². The zero-order chi connectivity index (χ0) is 12.3. The van der Waals surface area contributed by atoms with Crippen molar-refractivity contribution in [2.75, 3.05) is 5.32 Å². The zero-order valence-corrected chi connectivity index (χ0v) is 10.6. The number of carbonyl (C=O) groups excluding carboxylic acids is 1. The molecule has 0 saturated heterocycles. The van der Waals surface area contributed by atoms with E-state index < -0.39 is 0 Å². The van der Waals surface area contributed by atoms with Crippen LogP contribution in [0.1, 0.15) is 13.8 Å². The molecule has 1 aromatic rings. The van der Waals surface area contributed by atoms with Gasteiger partial charge in [-0.25, -0.2) is 0 Å². The summed E-state index contributed by atoms with van der Waals surface area (Å²) in [6, 6.07) is 4.74. The molecule has 0 spiro atoms. The minimum absolute atomic E-state index is 0.131. The number of rotatable bonds is 3. The molecule has 1 rings (SSSR count). The molecule has 0 bridgehead atoms. The van der Waals surface area contributed by atoms with Gasteiger partial charge in [0.15, 0.2) is 0 Å². The highest BCUT2D eigenvalue weighted by atomic mass is 35.5. The second kappa shape index (κ2) is 5.53. The average molecular weight is 261 g/mol. The van der Waals surface area contributed by atoms with Gasteiger partial charge in [-0.3, -0.25) is 4.79 Å². The minimum Gasteiger partial charge on any atom is -0.327 e. The first-order chi connectivity index (χ1) is 7.41. The molecule has 2 unspecified atom stereocenters. The summed E-state index contributed by atoms with van der Waals surface area (Å²) in [5.41, 5.74) is 6.25. The van der Waals surface area contributed by atoms with Crippen molar-refractivity contribution in [3.63, 3.8) is 0 Å². The van der Waals surface area contributed by atoms with Crippen LogP contribution in [0.3, 0.4) is 0 Å². The molecule has 3 N–H and O–H groups in total. The molecule has 88 valence electrons. The predicted octanol–water partition coefficient (Wildman–Crippen LogP) is 2.92. The van der Waals surface area contributed by atoms with Crippen LogP contribution in [0.15, 0.2) is 18.2 Å². The summed E-state index contributed by atoms with van der Waals surface area (Å²) in [5.74, 6) is -0.386. The summed E-state index contributed by atoms with van der Waals surface area (Å²) in [4.78, 5) is 11.7. The Bertz CT molecular complexity index is 394. The third-order valence-corrected chi connectivity index (χ3v) is 3.13. The topological polar surface area (TPSA) is 55.1 Å². The van der Waals surface area contributed by atoms with Crippen molar-refractivity contribution in [3.8, 4) is 0 Å². The summed E-state index contributed by atoms with van der Waals surface area (Å²) < 4.78 is 0. The van der Waals surface area contributed by atoms with Gasteiger partial charge in [0.2, 0.25) is 5.91 Å². The first-order valence-electron chi connectivity index (χ1n) is 4.93. The van der Waals surface area contributed by atoms with Gasteiger partial charge in [0.05, 0.1) is 16.0 Å². The Morgan fingerprint density at radius 3 is 2.44 bits per heavy atom. The molecule has 0 saturated carbocycles. The lowest BCUT2D eigenvalue weighted by atomic mass is 10.0. The Kier molecular flexibility index (Phi) is 4.59. The normalized spacial score (nSPS) is 14.3. The van der Waals surface area contributed by atoms with Crippen LogP contribution in [0.4, 0.5) is 5.69 Å². The van der Waals surface area contributed by atoms with Crippen molar-refractivity contribution < 1.29 is 4.79 Å². The zero-order valence-electron chi connectivity index (χ0n) is 9.13.